The molecule has 1 N–H and O–H groups in total. The van der Waals surface area contributed by atoms with E-state index in [1.807, 2.05) is 33.9 Å². The monoisotopic (exact) mass is 483 g/mol. The van der Waals surface area contributed by atoms with Gasteiger partial charge in [0.2, 0.25) is 5.91 Å². The number of amides is 1. The summed E-state index contributed by atoms with van der Waals surface area (Å²) < 4.78 is 29.2. The number of nitrogens with zero attached hydrogens (tertiary/aromatic N) is 3. The van der Waals surface area contributed by atoms with Crippen molar-refractivity contribution < 1.29 is 18.7 Å². The standard InChI is InChI=1S/C24H19F2N3O2S2/c25-17-9-18(26)11-19(10-17)29-12-21(23(27-29)16-6-8-32-13-16)24-28(22(31)14-33-24)7-5-15-1-3-20(30)4-2-15/h1-4,6,8-13,24,30H,5,7,14H2. The molecule has 5 rings (SSSR count). The molecular formula is C24H19F2N3O2S2. The zero-order valence-electron chi connectivity index (χ0n) is 17.3. The molecule has 3 heterocycles. The van der Waals surface area contributed by atoms with Gasteiger partial charge in [0, 0.05) is 35.3 Å². The van der Waals surface area contributed by atoms with Gasteiger partial charge in [-0.2, -0.15) is 16.4 Å². The third-order valence-corrected chi connectivity index (χ3v) is 7.38. The number of thioether (sulfide) groups is 1. The van der Waals surface area contributed by atoms with Crippen molar-refractivity contribution in [1.82, 2.24) is 14.7 Å². The van der Waals surface area contributed by atoms with Crippen molar-refractivity contribution in [3.8, 4) is 22.7 Å². The van der Waals surface area contributed by atoms with Crippen LogP contribution in [0.4, 0.5) is 8.78 Å². The molecular weight excluding hydrogens is 464 g/mol. The molecule has 0 aliphatic carbocycles. The summed E-state index contributed by atoms with van der Waals surface area (Å²) in [6.45, 7) is 0.504. The molecule has 9 heteroatoms. The maximum atomic E-state index is 13.8. The van der Waals surface area contributed by atoms with Gasteiger partial charge in [0.1, 0.15) is 22.8 Å². The Morgan fingerprint density at radius 2 is 1.85 bits per heavy atom. The smallest absolute Gasteiger partial charge is 0.233 e. The number of aromatic hydroxyl groups is 1. The number of phenols is 1. The highest BCUT2D eigenvalue weighted by atomic mass is 32.2. The van der Waals surface area contributed by atoms with E-state index >= 15 is 0 Å². The molecule has 1 atom stereocenters. The van der Waals surface area contributed by atoms with Gasteiger partial charge in [0.25, 0.3) is 0 Å². The van der Waals surface area contributed by atoms with Crippen LogP contribution in [0.15, 0.2) is 65.5 Å². The van der Waals surface area contributed by atoms with E-state index in [-0.39, 0.29) is 22.7 Å². The molecule has 4 aromatic rings. The first-order chi connectivity index (χ1) is 16.0. The van der Waals surface area contributed by atoms with Gasteiger partial charge in [-0.3, -0.25) is 4.79 Å². The normalized spacial score (nSPS) is 16.0. The lowest BCUT2D eigenvalue weighted by Crippen LogP contribution is -2.30. The van der Waals surface area contributed by atoms with Gasteiger partial charge >= 0.3 is 0 Å². The van der Waals surface area contributed by atoms with Crippen LogP contribution in [0.3, 0.4) is 0 Å². The van der Waals surface area contributed by atoms with Crippen molar-refractivity contribution in [3.05, 3.63) is 88.2 Å². The molecule has 0 radical (unpaired) electrons. The Bertz CT molecular complexity index is 1270. The average Bonchev–Trinajstić information content (AvgIpc) is 3.52. The molecule has 0 spiro atoms. The molecule has 1 aliphatic heterocycles. The van der Waals surface area contributed by atoms with E-state index in [2.05, 4.69) is 5.10 Å². The Kier molecular flexibility index (Phi) is 5.90. The van der Waals surface area contributed by atoms with Crippen molar-refractivity contribution in [2.24, 2.45) is 0 Å². The molecule has 33 heavy (non-hydrogen) atoms. The summed E-state index contributed by atoms with van der Waals surface area (Å²) in [7, 11) is 0. The van der Waals surface area contributed by atoms with Crippen LogP contribution in [0.2, 0.25) is 0 Å². The van der Waals surface area contributed by atoms with Gasteiger partial charge in [0.15, 0.2) is 0 Å². The molecule has 5 nitrogen and oxygen atoms in total. The van der Waals surface area contributed by atoms with Crippen LogP contribution in [0.5, 0.6) is 5.75 Å². The third kappa shape index (κ3) is 4.51. The van der Waals surface area contributed by atoms with E-state index in [1.54, 1.807) is 18.3 Å². The minimum atomic E-state index is -0.680. The van der Waals surface area contributed by atoms with Gasteiger partial charge in [-0.05, 0) is 47.7 Å². The van der Waals surface area contributed by atoms with E-state index in [9.17, 15) is 18.7 Å². The molecule has 0 bridgehead atoms. The number of carbonyl (C=O) groups excluding carboxylic acids is 1. The number of carbonyl (C=O) groups is 1. The molecule has 1 fully saturated rings. The predicted octanol–water partition coefficient (Wildman–Crippen LogP) is 5.40. The number of thiophene rings is 1. The number of phenolic OH excluding ortho intramolecular Hbond substituents is 1. The van der Waals surface area contributed by atoms with E-state index in [1.165, 1.54) is 39.9 Å². The van der Waals surface area contributed by atoms with Crippen LogP contribution in [-0.2, 0) is 11.2 Å². The lowest BCUT2D eigenvalue weighted by atomic mass is 10.1. The summed E-state index contributed by atoms with van der Waals surface area (Å²) in [5.41, 5.74) is 3.69. The van der Waals surface area contributed by atoms with Gasteiger partial charge in [-0.25, -0.2) is 13.5 Å². The van der Waals surface area contributed by atoms with Crippen LogP contribution >= 0.6 is 23.1 Å². The molecule has 1 amide bonds. The van der Waals surface area contributed by atoms with Gasteiger partial charge < -0.3 is 10.0 Å². The fraction of sp³-hybridized carbons (Fsp3) is 0.167. The zero-order valence-corrected chi connectivity index (χ0v) is 19.0. The number of aromatic nitrogens is 2. The second kappa shape index (κ2) is 8.99. The van der Waals surface area contributed by atoms with E-state index in [4.69, 9.17) is 0 Å². The fourth-order valence-corrected chi connectivity index (χ4v) is 5.72. The number of rotatable bonds is 6. The highest BCUT2D eigenvalue weighted by molar-refractivity contribution is 8.00. The van der Waals surface area contributed by atoms with Crippen molar-refractivity contribution in [2.45, 2.75) is 11.8 Å². The summed E-state index contributed by atoms with van der Waals surface area (Å²) in [6, 6.07) is 12.2. The fourth-order valence-electron chi connectivity index (χ4n) is 3.86. The highest BCUT2D eigenvalue weighted by Gasteiger charge is 2.35. The van der Waals surface area contributed by atoms with Crippen LogP contribution in [0.1, 0.15) is 16.5 Å². The summed E-state index contributed by atoms with van der Waals surface area (Å²) in [5, 5.41) is 17.8. The predicted molar refractivity (Wildman–Crippen MR) is 126 cm³/mol. The Labute approximate surface area is 197 Å². The van der Waals surface area contributed by atoms with Crippen molar-refractivity contribution in [1.29, 1.82) is 0 Å². The molecule has 2 aromatic carbocycles. The van der Waals surface area contributed by atoms with Crippen molar-refractivity contribution >= 4 is 29.0 Å². The Morgan fingerprint density at radius 3 is 2.55 bits per heavy atom. The van der Waals surface area contributed by atoms with E-state index in [0.29, 0.717) is 24.4 Å². The lowest BCUT2D eigenvalue weighted by molar-refractivity contribution is -0.128. The maximum Gasteiger partial charge on any atom is 0.233 e. The minimum absolute atomic E-state index is 0.0320. The molecule has 2 aromatic heterocycles. The number of hydrogen-bond acceptors (Lipinski definition) is 5. The lowest BCUT2D eigenvalue weighted by Gasteiger charge is -2.24. The summed E-state index contributed by atoms with van der Waals surface area (Å²) in [4.78, 5) is 14.6. The second-order valence-corrected chi connectivity index (χ2v) is 9.53. The van der Waals surface area contributed by atoms with Crippen LogP contribution in [-0.4, -0.2) is 38.0 Å². The average molecular weight is 484 g/mol. The van der Waals surface area contributed by atoms with Gasteiger partial charge in [-0.15, -0.1) is 11.8 Å². The largest absolute Gasteiger partial charge is 0.508 e. The summed E-state index contributed by atoms with van der Waals surface area (Å²) in [5.74, 6) is -0.779. The van der Waals surface area contributed by atoms with Crippen LogP contribution < -0.4 is 0 Å². The molecule has 1 aliphatic rings. The second-order valence-electron chi connectivity index (χ2n) is 7.68. The SMILES string of the molecule is O=C1CSC(c2cn(-c3cc(F)cc(F)c3)nc2-c2ccsc2)N1CCc1ccc(O)cc1. The first kappa shape index (κ1) is 21.7. The first-order valence-electron chi connectivity index (χ1n) is 10.3. The molecule has 1 unspecified atom stereocenters. The van der Waals surface area contributed by atoms with Gasteiger partial charge in [-0.1, -0.05) is 12.1 Å². The first-order valence-corrected chi connectivity index (χ1v) is 12.2. The number of hydrogen-bond donors (Lipinski definition) is 1. The van der Waals surface area contributed by atoms with Crippen molar-refractivity contribution in [2.75, 3.05) is 12.3 Å². The summed E-state index contributed by atoms with van der Waals surface area (Å²) >= 11 is 3.04. The van der Waals surface area contributed by atoms with Crippen LogP contribution in [0.25, 0.3) is 16.9 Å². The van der Waals surface area contributed by atoms with Gasteiger partial charge in [0.05, 0.1) is 17.1 Å². The molecule has 1 saturated heterocycles. The number of halogens is 2. The van der Waals surface area contributed by atoms with E-state index in [0.717, 1.165) is 22.8 Å². The summed E-state index contributed by atoms with van der Waals surface area (Å²) in [6.07, 6.45) is 2.39. The minimum Gasteiger partial charge on any atom is -0.508 e. The maximum absolute atomic E-state index is 13.8. The zero-order chi connectivity index (χ0) is 22.9. The quantitative estimate of drug-likeness (QED) is 0.399. The molecule has 168 valence electrons. The third-order valence-electron chi connectivity index (χ3n) is 5.46. The Balaban J connectivity index is 1.50. The van der Waals surface area contributed by atoms with E-state index < -0.39 is 11.6 Å². The van der Waals surface area contributed by atoms with Crippen LogP contribution in [0, 0.1) is 11.6 Å². The van der Waals surface area contributed by atoms with Crippen molar-refractivity contribution in [3.63, 3.8) is 0 Å². The Hall–Kier alpha value is -3.17. The topological polar surface area (TPSA) is 58.4 Å². The number of benzene rings is 2. The highest BCUT2D eigenvalue weighted by Crippen LogP contribution is 2.43. The Morgan fingerprint density at radius 1 is 1.09 bits per heavy atom. The molecule has 0 saturated carbocycles.